The summed E-state index contributed by atoms with van der Waals surface area (Å²) in [6, 6.07) is 99.8. The molecule has 0 aliphatic carbocycles. The Bertz CT molecular complexity index is 3590. The minimum absolute atomic E-state index is 0.891. The molecule has 3 nitrogen and oxygen atoms in total. The van der Waals surface area contributed by atoms with Crippen LogP contribution in [0.2, 0.25) is 0 Å². The minimum Gasteiger partial charge on any atom is -0.456 e. The Kier molecular flexibility index (Phi) is 10.9. The molecule has 326 valence electrons. The number of hydrogen-bond acceptors (Lipinski definition) is 3. The summed E-state index contributed by atoms with van der Waals surface area (Å²) in [5, 5.41) is 2.26. The maximum Gasteiger partial charge on any atom is 0.136 e. The first-order chi connectivity index (χ1) is 34.2. The molecule has 0 saturated heterocycles. The van der Waals surface area contributed by atoms with Crippen LogP contribution in [0.4, 0.5) is 34.1 Å². The molecular weight excluding hydrogens is 837 g/mol. The summed E-state index contributed by atoms with van der Waals surface area (Å²) in [6.45, 7) is 0. The molecule has 0 aliphatic heterocycles. The summed E-state index contributed by atoms with van der Waals surface area (Å²) < 4.78 is 6.29. The molecule has 0 aliphatic rings. The lowest BCUT2D eigenvalue weighted by atomic mass is 9.99. The summed E-state index contributed by atoms with van der Waals surface area (Å²) in [5.74, 6) is 0. The number of hydrogen-bond donors (Lipinski definition) is 0. The lowest BCUT2D eigenvalue weighted by Gasteiger charge is -2.29. The van der Waals surface area contributed by atoms with Crippen LogP contribution in [0.3, 0.4) is 0 Å². The smallest absolute Gasteiger partial charge is 0.136 e. The highest BCUT2D eigenvalue weighted by atomic mass is 16.3. The SMILES string of the molecule is c1ccc(-c2ccc(N(c3ccc(-c4ccc5c(c4)oc4ccccc45)cc3)c3cccc(-c4ccccc4N(c4ccc(-c5ccccc5)cc4)c4ccc(-c5ccccc5)cc4)c3)cc2)cc1. The normalized spacial score (nSPS) is 11.2. The van der Waals surface area contributed by atoms with E-state index in [9.17, 15) is 0 Å². The van der Waals surface area contributed by atoms with Gasteiger partial charge in [0.2, 0.25) is 0 Å². The molecule has 0 atom stereocenters. The minimum atomic E-state index is 0.891. The number of benzene rings is 11. The van der Waals surface area contributed by atoms with Gasteiger partial charge in [0.15, 0.2) is 0 Å². The summed E-state index contributed by atoms with van der Waals surface area (Å²) in [7, 11) is 0. The van der Waals surface area contributed by atoms with Gasteiger partial charge in [0.25, 0.3) is 0 Å². The summed E-state index contributed by atoms with van der Waals surface area (Å²) >= 11 is 0. The highest BCUT2D eigenvalue weighted by molar-refractivity contribution is 6.06. The largest absolute Gasteiger partial charge is 0.456 e. The highest BCUT2D eigenvalue weighted by Gasteiger charge is 2.20. The first-order valence-corrected chi connectivity index (χ1v) is 23.5. The Hall–Kier alpha value is -9.18. The topological polar surface area (TPSA) is 19.6 Å². The molecule has 0 amide bonds. The zero-order valence-corrected chi connectivity index (χ0v) is 37.9. The van der Waals surface area contributed by atoms with Gasteiger partial charge >= 0.3 is 0 Å². The van der Waals surface area contributed by atoms with Crippen molar-refractivity contribution in [2.45, 2.75) is 0 Å². The molecule has 0 spiro atoms. The second-order valence-corrected chi connectivity index (χ2v) is 17.3. The van der Waals surface area contributed by atoms with Crippen molar-refractivity contribution in [2.24, 2.45) is 0 Å². The van der Waals surface area contributed by atoms with E-state index in [0.717, 1.165) is 78.3 Å². The molecule has 0 bridgehead atoms. The Morgan fingerprint density at radius 2 is 0.609 bits per heavy atom. The fraction of sp³-hybridized carbons (Fsp3) is 0. The van der Waals surface area contributed by atoms with E-state index in [2.05, 4.69) is 277 Å². The van der Waals surface area contributed by atoms with E-state index in [0.29, 0.717) is 0 Å². The van der Waals surface area contributed by atoms with Crippen molar-refractivity contribution in [1.29, 1.82) is 0 Å². The molecule has 12 aromatic rings. The Morgan fingerprint density at radius 1 is 0.217 bits per heavy atom. The quantitative estimate of drug-likeness (QED) is 0.129. The Morgan fingerprint density at radius 3 is 1.14 bits per heavy atom. The predicted octanol–water partition coefficient (Wildman–Crippen LogP) is 18.9. The second kappa shape index (κ2) is 18.2. The van der Waals surface area contributed by atoms with Gasteiger partial charge in [0, 0.05) is 44.8 Å². The van der Waals surface area contributed by atoms with Crippen LogP contribution >= 0.6 is 0 Å². The summed E-state index contributed by atoms with van der Waals surface area (Å²) in [4.78, 5) is 4.74. The van der Waals surface area contributed by atoms with Crippen molar-refractivity contribution in [3.05, 3.63) is 279 Å². The monoisotopic (exact) mass is 882 g/mol. The standard InChI is InChI=1S/C66H46N2O/c1-4-15-47(16-5-1)50-27-36-56(37-28-50)67(57-38-33-53(34-39-57)54-35-44-63-62-24-11-13-26-65(62)69-66(63)46-54)60-22-14-21-55(45-60)61-23-10-12-25-64(61)68(58-40-29-51(30-41-58)48-17-6-2-7-18-48)59-42-31-52(32-43-59)49-19-8-3-9-20-49/h1-46H. The summed E-state index contributed by atoms with van der Waals surface area (Å²) in [6.07, 6.45) is 0. The lowest BCUT2D eigenvalue weighted by molar-refractivity contribution is 0.669. The van der Waals surface area contributed by atoms with Crippen molar-refractivity contribution in [3.63, 3.8) is 0 Å². The maximum absolute atomic E-state index is 6.29. The van der Waals surface area contributed by atoms with Crippen molar-refractivity contribution in [2.75, 3.05) is 9.80 Å². The number of fused-ring (bicyclic) bond motifs is 3. The number of furan rings is 1. The van der Waals surface area contributed by atoms with Crippen LogP contribution in [0.25, 0.3) is 77.6 Å². The zero-order chi connectivity index (χ0) is 45.9. The Labute approximate surface area is 403 Å². The van der Waals surface area contributed by atoms with E-state index >= 15 is 0 Å². The molecule has 0 N–H and O–H groups in total. The van der Waals surface area contributed by atoms with Gasteiger partial charge in [-0.25, -0.2) is 0 Å². The van der Waals surface area contributed by atoms with E-state index in [-0.39, 0.29) is 0 Å². The van der Waals surface area contributed by atoms with Crippen molar-refractivity contribution >= 4 is 56.1 Å². The molecule has 3 heteroatoms. The number of para-hydroxylation sites is 2. The van der Waals surface area contributed by atoms with Gasteiger partial charge < -0.3 is 14.2 Å². The van der Waals surface area contributed by atoms with E-state index in [1.807, 2.05) is 12.1 Å². The zero-order valence-electron chi connectivity index (χ0n) is 37.9. The third-order valence-corrected chi connectivity index (χ3v) is 13.1. The van der Waals surface area contributed by atoms with Crippen LogP contribution in [0, 0.1) is 0 Å². The van der Waals surface area contributed by atoms with Gasteiger partial charge in [0.05, 0.1) is 5.69 Å². The molecule has 11 aromatic carbocycles. The van der Waals surface area contributed by atoms with Gasteiger partial charge in [-0.1, -0.05) is 194 Å². The molecule has 1 aromatic heterocycles. The highest BCUT2D eigenvalue weighted by Crippen LogP contribution is 2.44. The first kappa shape index (κ1) is 41.3. The fourth-order valence-electron chi connectivity index (χ4n) is 9.61. The van der Waals surface area contributed by atoms with E-state index in [1.165, 1.54) is 33.4 Å². The number of rotatable bonds is 11. The average molecular weight is 883 g/mol. The van der Waals surface area contributed by atoms with Crippen LogP contribution in [0.1, 0.15) is 0 Å². The lowest BCUT2D eigenvalue weighted by Crippen LogP contribution is -2.12. The van der Waals surface area contributed by atoms with Crippen LogP contribution in [0.5, 0.6) is 0 Å². The third kappa shape index (κ3) is 8.24. The molecule has 0 saturated carbocycles. The Balaban J connectivity index is 0.948. The van der Waals surface area contributed by atoms with E-state index in [1.54, 1.807) is 0 Å². The number of anilines is 6. The molecule has 0 unspecified atom stereocenters. The van der Waals surface area contributed by atoms with Crippen LogP contribution < -0.4 is 9.80 Å². The van der Waals surface area contributed by atoms with Crippen LogP contribution in [-0.2, 0) is 0 Å². The maximum atomic E-state index is 6.29. The second-order valence-electron chi connectivity index (χ2n) is 17.3. The van der Waals surface area contributed by atoms with Gasteiger partial charge in [-0.3, -0.25) is 0 Å². The molecule has 12 rings (SSSR count). The van der Waals surface area contributed by atoms with Gasteiger partial charge in [-0.2, -0.15) is 0 Å². The third-order valence-electron chi connectivity index (χ3n) is 13.1. The summed E-state index contributed by atoms with van der Waals surface area (Å²) in [5.41, 5.74) is 19.8. The molecule has 1 heterocycles. The first-order valence-electron chi connectivity index (χ1n) is 23.5. The molecule has 0 fully saturated rings. The van der Waals surface area contributed by atoms with Gasteiger partial charge in [-0.15, -0.1) is 0 Å². The van der Waals surface area contributed by atoms with Crippen molar-refractivity contribution < 1.29 is 4.42 Å². The van der Waals surface area contributed by atoms with Crippen molar-refractivity contribution in [3.8, 4) is 55.6 Å². The average Bonchev–Trinajstić information content (AvgIpc) is 3.81. The molecular formula is C66H46N2O. The van der Waals surface area contributed by atoms with Gasteiger partial charge in [-0.05, 0) is 135 Å². The van der Waals surface area contributed by atoms with Gasteiger partial charge in [0.1, 0.15) is 11.2 Å². The molecule has 0 radical (unpaired) electrons. The number of nitrogens with zero attached hydrogens (tertiary/aromatic N) is 2. The van der Waals surface area contributed by atoms with Crippen LogP contribution in [0.15, 0.2) is 283 Å². The van der Waals surface area contributed by atoms with Crippen molar-refractivity contribution in [1.82, 2.24) is 0 Å². The van der Waals surface area contributed by atoms with E-state index < -0.39 is 0 Å². The van der Waals surface area contributed by atoms with Crippen LogP contribution in [-0.4, -0.2) is 0 Å². The fourth-order valence-corrected chi connectivity index (χ4v) is 9.61. The predicted molar refractivity (Wildman–Crippen MR) is 290 cm³/mol. The van der Waals surface area contributed by atoms with E-state index in [4.69, 9.17) is 4.42 Å². The molecule has 69 heavy (non-hydrogen) atoms.